The van der Waals surface area contributed by atoms with Crippen molar-refractivity contribution in [2.45, 2.75) is 39.2 Å². The number of nitrogens with one attached hydrogen (secondary N) is 1. The minimum atomic E-state index is -1.04. The van der Waals surface area contributed by atoms with E-state index in [-0.39, 0.29) is 30.1 Å². The molecule has 1 aliphatic heterocycles. The van der Waals surface area contributed by atoms with Crippen LogP contribution in [0.2, 0.25) is 0 Å². The van der Waals surface area contributed by atoms with Crippen LogP contribution in [0.25, 0.3) is 0 Å². The van der Waals surface area contributed by atoms with Crippen LogP contribution < -0.4 is 5.32 Å². The summed E-state index contributed by atoms with van der Waals surface area (Å²) in [6, 6.07) is 8.31. The van der Waals surface area contributed by atoms with Gasteiger partial charge in [0.25, 0.3) is 0 Å². The number of carboxylic acid groups (broad SMARTS) is 1. The number of amides is 2. The van der Waals surface area contributed by atoms with Crippen LogP contribution in [0, 0.1) is 11.8 Å². The van der Waals surface area contributed by atoms with Gasteiger partial charge in [0.05, 0.1) is 0 Å². The topological polar surface area (TPSA) is 86.7 Å². The molecule has 1 aromatic carbocycles. The van der Waals surface area contributed by atoms with Gasteiger partial charge in [-0.3, -0.25) is 9.59 Å². The Hall–Kier alpha value is -2.37. The molecule has 6 nitrogen and oxygen atoms in total. The lowest BCUT2D eigenvalue weighted by Crippen LogP contribution is -2.48. The summed E-state index contributed by atoms with van der Waals surface area (Å²) in [5.41, 5.74) is 0.868. The number of benzene rings is 1. The van der Waals surface area contributed by atoms with Crippen molar-refractivity contribution >= 4 is 17.8 Å². The zero-order chi connectivity index (χ0) is 18.4. The SMILES string of the molecule is CC(C)C(=O)N1CCC(C(=O)N[C@H](Cc2ccccc2)C(=O)O)CC1. The van der Waals surface area contributed by atoms with Gasteiger partial charge in [-0.25, -0.2) is 4.79 Å². The molecule has 1 heterocycles. The highest BCUT2D eigenvalue weighted by molar-refractivity contribution is 5.85. The minimum absolute atomic E-state index is 0.0485. The van der Waals surface area contributed by atoms with Crippen molar-refractivity contribution in [2.75, 3.05) is 13.1 Å². The van der Waals surface area contributed by atoms with Crippen LogP contribution in [0.3, 0.4) is 0 Å². The van der Waals surface area contributed by atoms with Crippen LogP contribution >= 0.6 is 0 Å². The second-order valence-corrected chi connectivity index (χ2v) is 6.84. The van der Waals surface area contributed by atoms with Crippen molar-refractivity contribution in [3.8, 4) is 0 Å². The van der Waals surface area contributed by atoms with Gasteiger partial charge in [-0.2, -0.15) is 0 Å². The van der Waals surface area contributed by atoms with Crippen molar-refractivity contribution in [2.24, 2.45) is 11.8 Å². The molecule has 2 rings (SSSR count). The molecule has 1 atom stereocenters. The van der Waals surface area contributed by atoms with Gasteiger partial charge in [0.2, 0.25) is 11.8 Å². The molecule has 0 unspecified atom stereocenters. The number of likely N-dealkylation sites (tertiary alicyclic amines) is 1. The number of carbonyl (C=O) groups excluding carboxylic acids is 2. The van der Waals surface area contributed by atoms with Crippen LogP contribution in [0.15, 0.2) is 30.3 Å². The maximum absolute atomic E-state index is 12.4. The fraction of sp³-hybridized carbons (Fsp3) is 0.526. The van der Waals surface area contributed by atoms with E-state index >= 15 is 0 Å². The Bertz CT molecular complexity index is 607. The molecule has 0 aromatic heterocycles. The smallest absolute Gasteiger partial charge is 0.326 e. The van der Waals surface area contributed by atoms with Gasteiger partial charge in [-0.15, -0.1) is 0 Å². The third-order valence-corrected chi connectivity index (χ3v) is 4.57. The lowest BCUT2D eigenvalue weighted by molar-refractivity contribution is -0.143. The normalized spacial score (nSPS) is 16.5. The number of hydrogen-bond acceptors (Lipinski definition) is 3. The summed E-state index contributed by atoms with van der Waals surface area (Å²) in [6.45, 7) is 4.82. The zero-order valence-corrected chi connectivity index (χ0v) is 14.8. The molecule has 6 heteroatoms. The molecular weight excluding hydrogens is 320 g/mol. The summed E-state index contributed by atoms with van der Waals surface area (Å²) in [6.07, 6.45) is 1.40. The van der Waals surface area contributed by atoms with Gasteiger partial charge in [0.15, 0.2) is 0 Å². The molecule has 0 spiro atoms. The molecule has 2 N–H and O–H groups in total. The summed E-state index contributed by atoms with van der Waals surface area (Å²) >= 11 is 0. The molecule has 1 fully saturated rings. The second-order valence-electron chi connectivity index (χ2n) is 6.84. The Morgan fingerprint density at radius 2 is 1.76 bits per heavy atom. The van der Waals surface area contributed by atoms with Crippen molar-refractivity contribution < 1.29 is 19.5 Å². The highest BCUT2D eigenvalue weighted by atomic mass is 16.4. The quantitative estimate of drug-likeness (QED) is 0.821. The number of rotatable bonds is 6. The third kappa shape index (κ3) is 5.31. The monoisotopic (exact) mass is 346 g/mol. The Morgan fingerprint density at radius 3 is 2.28 bits per heavy atom. The molecule has 1 saturated heterocycles. The molecule has 0 bridgehead atoms. The van der Waals surface area contributed by atoms with Crippen molar-refractivity contribution in [3.05, 3.63) is 35.9 Å². The average molecular weight is 346 g/mol. The molecule has 136 valence electrons. The maximum atomic E-state index is 12.4. The zero-order valence-electron chi connectivity index (χ0n) is 14.8. The van der Waals surface area contributed by atoms with Crippen molar-refractivity contribution in [1.29, 1.82) is 0 Å². The van der Waals surface area contributed by atoms with Crippen LogP contribution in [-0.2, 0) is 20.8 Å². The summed E-state index contributed by atoms with van der Waals surface area (Å²) < 4.78 is 0. The van der Waals surface area contributed by atoms with Crippen LogP contribution in [0.1, 0.15) is 32.3 Å². The number of hydrogen-bond donors (Lipinski definition) is 2. The first-order chi connectivity index (χ1) is 11.9. The van der Waals surface area contributed by atoms with Gasteiger partial charge >= 0.3 is 5.97 Å². The Labute approximate surface area is 148 Å². The lowest BCUT2D eigenvalue weighted by atomic mass is 9.94. The first-order valence-electron chi connectivity index (χ1n) is 8.74. The number of carboxylic acids is 1. The van der Waals surface area contributed by atoms with Crippen molar-refractivity contribution in [1.82, 2.24) is 10.2 Å². The Balaban J connectivity index is 1.89. The van der Waals surface area contributed by atoms with Gasteiger partial charge in [0, 0.05) is 31.3 Å². The Kier molecular flexibility index (Phi) is 6.56. The van der Waals surface area contributed by atoms with Gasteiger partial charge in [0.1, 0.15) is 6.04 Å². The van der Waals surface area contributed by atoms with E-state index in [1.165, 1.54) is 0 Å². The number of aliphatic carboxylic acids is 1. The predicted octanol–water partition coefficient (Wildman–Crippen LogP) is 1.69. The average Bonchev–Trinajstić information content (AvgIpc) is 2.61. The molecular formula is C19H26N2O4. The molecule has 0 radical (unpaired) electrons. The van der Waals surface area contributed by atoms with Crippen LogP contribution in [-0.4, -0.2) is 46.9 Å². The first-order valence-corrected chi connectivity index (χ1v) is 8.74. The maximum Gasteiger partial charge on any atom is 0.326 e. The van der Waals surface area contributed by atoms with E-state index in [1.807, 2.05) is 44.2 Å². The fourth-order valence-electron chi connectivity index (χ4n) is 3.07. The minimum Gasteiger partial charge on any atom is -0.480 e. The summed E-state index contributed by atoms with van der Waals surface area (Å²) in [5, 5.41) is 12.0. The van der Waals surface area contributed by atoms with Gasteiger partial charge in [-0.05, 0) is 18.4 Å². The lowest BCUT2D eigenvalue weighted by Gasteiger charge is -2.33. The second kappa shape index (κ2) is 8.65. The van der Waals surface area contributed by atoms with E-state index in [1.54, 1.807) is 4.90 Å². The molecule has 0 aliphatic carbocycles. The summed E-state index contributed by atoms with van der Waals surface area (Å²) in [5.74, 6) is -1.46. The molecule has 25 heavy (non-hydrogen) atoms. The highest BCUT2D eigenvalue weighted by Crippen LogP contribution is 2.19. The molecule has 2 amide bonds. The molecule has 1 aromatic rings. The van der Waals surface area contributed by atoms with E-state index in [0.29, 0.717) is 25.9 Å². The number of piperidine rings is 1. The van der Waals surface area contributed by atoms with Crippen molar-refractivity contribution in [3.63, 3.8) is 0 Å². The first kappa shape index (κ1) is 19.0. The van der Waals surface area contributed by atoms with Gasteiger partial charge in [-0.1, -0.05) is 44.2 Å². The van der Waals surface area contributed by atoms with Crippen LogP contribution in [0.4, 0.5) is 0 Å². The van der Waals surface area contributed by atoms with E-state index in [2.05, 4.69) is 5.32 Å². The standard InChI is InChI=1S/C19H26N2O4/c1-13(2)18(23)21-10-8-15(9-11-21)17(22)20-16(19(24)25)12-14-6-4-3-5-7-14/h3-7,13,15-16H,8-12H2,1-2H3,(H,20,22)(H,24,25)/t16-/m1/s1. The predicted molar refractivity (Wildman–Crippen MR) is 93.9 cm³/mol. The Morgan fingerprint density at radius 1 is 1.16 bits per heavy atom. The largest absolute Gasteiger partial charge is 0.480 e. The summed E-state index contributed by atoms with van der Waals surface area (Å²) in [4.78, 5) is 37.7. The molecule has 1 aliphatic rings. The fourth-order valence-corrected chi connectivity index (χ4v) is 3.07. The number of carbonyl (C=O) groups is 3. The van der Waals surface area contributed by atoms with E-state index in [0.717, 1.165) is 5.56 Å². The third-order valence-electron chi connectivity index (χ3n) is 4.57. The highest BCUT2D eigenvalue weighted by Gasteiger charge is 2.30. The van der Waals surface area contributed by atoms with E-state index < -0.39 is 12.0 Å². The summed E-state index contributed by atoms with van der Waals surface area (Å²) in [7, 11) is 0. The number of nitrogens with zero attached hydrogens (tertiary/aromatic N) is 1. The van der Waals surface area contributed by atoms with Crippen LogP contribution in [0.5, 0.6) is 0 Å². The van der Waals surface area contributed by atoms with E-state index in [4.69, 9.17) is 0 Å². The van der Waals surface area contributed by atoms with E-state index in [9.17, 15) is 19.5 Å². The van der Waals surface area contributed by atoms with Gasteiger partial charge < -0.3 is 15.3 Å². The molecule has 0 saturated carbocycles.